The Morgan fingerprint density at radius 1 is 0.971 bits per heavy atom. The summed E-state index contributed by atoms with van der Waals surface area (Å²) in [5.41, 5.74) is 14.0. The first-order valence-electron chi connectivity index (χ1n) is 12.1. The smallest absolute Gasteiger partial charge is 0.125 e. The highest BCUT2D eigenvalue weighted by Gasteiger charge is 2.19. The fourth-order valence-corrected chi connectivity index (χ4v) is 4.77. The Labute approximate surface area is 201 Å². The topological polar surface area (TPSA) is 68.8 Å². The number of hydrogen-bond acceptors (Lipinski definition) is 4. The van der Waals surface area contributed by atoms with E-state index in [1.54, 1.807) is 12.3 Å². The molecule has 0 amide bonds. The summed E-state index contributed by atoms with van der Waals surface area (Å²) in [6, 6.07) is 11.3. The summed E-state index contributed by atoms with van der Waals surface area (Å²) < 4.78 is 15.8. The molecule has 0 aliphatic rings. The van der Waals surface area contributed by atoms with E-state index >= 15 is 0 Å². The van der Waals surface area contributed by atoms with Crippen LogP contribution in [0.3, 0.4) is 0 Å². The minimum atomic E-state index is -0.283. The van der Waals surface area contributed by atoms with Crippen LogP contribution in [0.1, 0.15) is 42.4 Å². The van der Waals surface area contributed by atoms with Gasteiger partial charge in [-0.1, -0.05) is 25.0 Å². The third-order valence-electron chi connectivity index (χ3n) is 6.36. The van der Waals surface area contributed by atoms with Crippen LogP contribution < -0.4 is 11.1 Å². The van der Waals surface area contributed by atoms with Crippen LogP contribution in [0.25, 0.3) is 33.4 Å². The lowest BCUT2D eigenvalue weighted by molar-refractivity contribution is 0.590. The van der Waals surface area contributed by atoms with Crippen LogP contribution in [-0.4, -0.2) is 27.6 Å². The number of nitrogens with zero attached hydrogens (tertiary/aromatic N) is 3. The Morgan fingerprint density at radius 3 is 2.50 bits per heavy atom. The standard InChI is InChI=1S/C28H34FN5/c1-19-14-21(17-31-12-7-5-4-6-11-30)15-20(2)26(19)27-28(34(3)18-33-27)24-10-13-32-25-16-22(29)8-9-23(24)25/h8-10,13-16,18,31H,4-7,11-12,17,30H2,1-3H3. The van der Waals surface area contributed by atoms with E-state index in [1.165, 1.54) is 48.1 Å². The summed E-state index contributed by atoms with van der Waals surface area (Å²) in [5.74, 6) is -0.283. The van der Waals surface area contributed by atoms with Crippen LogP contribution in [0.5, 0.6) is 0 Å². The average molecular weight is 460 g/mol. The van der Waals surface area contributed by atoms with Gasteiger partial charge in [-0.15, -0.1) is 0 Å². The van der Waals surface area contributed by atoms with Crippen molar-refractivity contribution in [1.29, 1.82) is 0 Å². The number of benzene rings is 2. The maximum atomic E-state index is 13.8. The highest BCUT2D eigenvalue weighted by molar-refractivity contribution is 5.97. The molecule has 0 saturated carbocycles. The van der Waals surface area contributed by atoms with Crippen molar-refractivity contribution < 1.29 is 4.39 Å². The number of imidazole rings is 1. The normalized spacial score (nSPS) is 11.4. The molecule has 34 heavy (non-hydrogen) atoms. The Hall–Kier alpha value is -3.09. The van der Waals surface area contributed by atoms with Gasteiger partial charge in [0, 0.05) is 42.4 Å². The number of unbranched alkanes of at least 4 members (excludes halogenated alkanes) is 3. The molecular weight excluding hydrogens is 425 g/mol. The van der Waals surface area contributed by atoms with Gasteiger partial charge < -0.3 is 15.6 Å². The molecule has 2 aromatic carbocycles. The van der Waals surface area contributed by atoms with Crippen molar-refractivity contribution in [2.75, 3.05) is 13.1 Å². The molecule has 5 nitrogen and oxygen atoms in total. The molecule has 0 radical (unpaired) electrons. The predicted octanol–water partition coefficient (Wildman–Crippen LogP) is 5.67. The summed E-state index contributed by atoms with van der Waals surface area (Å²) in [7, 11) is 2.00. The first-order chi connectivity index (χ1) is 16.5. The first-order valence-corrected chi connectivity index (χ1v) is 12.1. The molecule has 2 heterocycles. The van der Waals surface area contributed by atoms with E-state index in [0.29, 0.717) is 5.52 Å². The summed E-state index contributed by atoms with van der Waals surface area (Å²) in [6.07, 6.45) is 8.30. The second kappa shape index (κ2) is 10.9. The lowest BCUT2D eigenvalue weighted by Crippen LogP contribution is -2.15. The zero-order chi connectivity index (χ0) is 24.1. The van der Waals surface area contributed by atoms with Crippen molar-refractivity contribution in [3.63, 3.8) is 0 Å². The molecule has 2 aromatic heterocycles. The number of aryl methyl sites for hydroxylation is 3. The second-order valence-corrected chi connectivity index (χ2v) is 9.06. The number of nitrogens with one attached hydrogen (secondary N) is 1. The van der Waals surface area contributed by atoms with Gasteiger partial charge in [0.25, 0.3) is 0 Å². The van der Waals surface area contributed by atoms with E-state index in [4.69, 9.17) is 10.7 Å². The summed E-state index contributed by atoms with van der Waals surface area (Å²) >= 11 is 0. The lowest BCUT2D eigenvalue weighted by atomic mass is 9.93. The molecule has 0 fully saturated rings. The predicted molar refractivity (Wildman–Crippen MR) is 138 cm³/mol. The number of aromatic nitrogens is 3. The molecule has 4 rings (SSSR count). The van der Waals surface area contributed by atoms with Crippen molar-refractivity contribution in [2.24, 2.45) is 12.8 Å². The minimum Gasteiger partial charge on any atom is -0.333 e. The zero-order valence-corrected chi connectivity index (χ0v) is 20.4. The minimum absolute atomic E-state index is 0.283. The van der Waals surface area contributed by atoms with Crippen LogP contribution in [0.4, 0.5) is 4.39 Å². The van der Waals surface area contributed by atoms with Gasteiger partial charge in [-0.05, 0) is 74.7 Å². The van der Waals surface area contributed by atoms with E-state index in [2.05, 4.69) is 36.3 Å². The van der Waals surface area contributed by atoms with Crippen LogP contribution in [0.15, 0.2) is 48.9 Å². The van der Waals surface area contributed by atoms with E-state index < -0.39 is 0 Å². The van der Waals surface area contributed by atoms with Crippen LogP contribution in [0, 0.1) is 19.7 Å². The molecule has 3 N–H and O–H groups in total. The van der Waals surface area contributed by atoms with Gasteiger partial charge in [-0.2, -0.15) is 0 Å². The van der Waals surface area contributed by atoms with Crippen LogP contribution in [-0.2, 0) is 13.6 Å². The largest absolute Gasteiger partial charge is 0.333 e. The van der Waals surface area contributed by atoms with Crippen molar-refractivity contribution in [2.45, 2.75) is 46.1 Å². The molecule has 0 aliphatic carbocycles. The Kier molecular flexibility index (Phi) is 7.70. The number of pyridine rings is 1. The second-order valence-electron chi connectivity index (χ2n) is 9.06. The van der Waals surface area contributed by atoms with E-state index in [1.807, 2.05) is 24.0 Å². The molecule has 0 saturated heterocycles. The van der Waals surface area contributed by atoms with Crippen molar-refractivity contribution in [3.05, 3.63) is 71.4 Å². The molecular formula is C28H34FN5. The number of fused-ring (bicyclic) bond motifs is 1. The Balaban J connectivity index is 1.61. The first kappa shape index (κ1) is 24.0. The molecule has 6 heteroatoms. The molecule has 0 aliphatic heterocycles. The molecule has 0 atom stereocenters. The van der Waals surface area contributed by atoms with Crippen molar-refractivity contribution >= 4 is 10.9 Å². The molecule has 4 aromatic rings. The van der Waals surface area contributed by atoms with Gasteiger partial charge in [0.15, 0.2) is 0 Å². The van der Waals surface area contributed by atoms with Gasteiger partial charge in [0.2, 0.25) is 0 Å². The maximum absolute atomic E-state index is 13.8. The summed E-state index contributed by atoms with van der Waals surface area (Å²) in [5, 5.41) is 4.48. The Morgan fingerprint density at radius 2 is 1.74 bits per heavy atom. The van der Waals surface area contributed by atoms with E-state index in [-0.39, 0.29) is 5.82 Å². The van der Waals surface area contributed by atoms with Gasteiger partial charge in [-0.25, -0.2) is 9.37 Å². The Bertz CT molecular complexity index is 1250. The van der Waals surface area contributed by atoms with Crippen molar-refractivity contribution in [1.82, 2.24) is 19.9 Å². The molecule has 178 valence electrons. The number of hydrogen-bond donors (Lipinski definition) is 2. The molecule has 0 spiro atoms. The third kappa shape index (κ3) is 5.18. The van der Waals surface area contributed by atoms with Crippen molar-refractivity contribution in [3.8, 4) is 22.5 Å². The lowest BCUT2D eigenvalue weighted by Gasteiger charge is -2.15. The fourth-order valence-electron chi connectivity index (χ4n) is 4.77. The van der Waals surface area contributed by atoms with Gasteiger partial charge in [-0.3, -0.25) is 4.98 Å². The van der Waals surface area contributed by atoms with E-state index in [9.17, 15) is 4.39 Å². The van der Waals surface area contributed by atoms with Crippen LogP contribution in [0.2, 0.25) is 0 Å². The third-order valence-corrected chi connectivity index (χ3v) is 6.36. The van der Waals surface area contributed by atoms with Gasteiger partial charge in [0.1, 0.15) is 5.82 Å². The van der Waals surface area contributed by atoms with E-state index in [0.717, 1.165) is 54.0 Å². The quantitative estimate of drug-likeness (QED) is 0.300. The van der Waals surface area contributed by atoms with Crippen LogP contribution >= 0.6 is 0 Å². The maximum Gasteiger partial charge on any atom is 0.125 e. The number of nitrogens with two attached hydrogens (primary N) is 1. The fraction of sp³-hybridized carbons (Fsp3) is 0.357. The monoisotopic (exact) mass is 459 g/mol. The highest BCUT2D eigenvalue weighted by atomic mass is 19.1. The summed E-state index contributed by atoms with van der Waals surface area (Å²) in [4.78, 5) is 9.16. The summed E-state index contributed by atoms with van der Waals surface area (Å²) in [6.45, 7) is 6.96. The average Bonchev–Trinajstić information content (AvgIpc) is 3.18. The van der Waals surface area contributed by atoms with Gasteiger partial charge in [0.05, 0.1) is 23.2 Å². The number of halogens is 1. The molecule has 0 bridgehead atoms. The number of rotatable bonds is 10. The van der Waals surface area contributed by atoms with Gasteiger partial charge >= 0.3 is 0 Å². The zero-order valence-electron chi connectivity index (χ0n) is 20.4. The molecule has 0 unspecified atom stereocenters. The SMILES string of the molecule is Cc1cc(CNCCCCCCN)cc(C)c1-c1ncn(C)c1-c1ccnc2cc(F)ccc12. The highest BCUT2D eigenvalue weighted by Crippen LogP contribution is 2.37.